The smallest absolute Gasteiger partial charge is 0.256 e. The molecular weight excluding hydrogens is 358 g/mol. The van der Waals surface area contributed by atoms with Crippen molar-refractivity contribution in [3.63, 3.8) is 0 Å². The molecular formula is C17H17N3O3S2. The summed E-state index contributed by atoms with van der Waals surface area (Å²) < 4.78 is 24.5. The maximum absolute atomic E-state index is 12.3. The minimum Gasteiger partial charge on any atom is -0.297 e. The van der Waals surface area contributed by atoms with Gasteiger partial charge in [-0.05, 0) is 17.5 Å². The molecule has 1 N–H and O–H groups in total. The van der Waals surface area contributed by atoms with Gasteiger partial charge in [-0.15, -0.1) is 11.3 Å². The Labute approximate surface area is 149 Å². The van der Waals surface area contributed by atoms with Crippen LogP contribution >= 0.6 is 11.3 Å². The normalized spacial score (nSPS) is 15.4. The van der Waals surface area contributed by atoms with E-state index in [1.165, 1.54) is 15.0 Å². The molecule has 0 fully saturated rings. The van der Waals surface area contributed by atoms with E-state index in [9.17, 15) is 13.2 Å². The third kappa shape index (κ3) is 3.24. The van der Waals surface area contributed by atoms with Gasteiger partial charge in [-0.25, -0.2) is 13.4 Å². The number of aromatic amines is 1. The molecule has 0 spiro atoms. The number of hydrogen-bond donors (Lipinski definition) is 1. The Bertz CT molecular complexity index is 1080. The van der Waals surface area contributed by atoms with Crippen molar-refractivity contribution in [2.75, 3.05) is 12.8 Å². The summed E-state index contributed by atoms with van der Waals surface area (Å²) >= 11 is 1.76. The summed E-state index contributed by atoms with van der Waals surface area (Å²) in [6, 6.07) is 10.5. The highest BCUT2D eigenvalue weighted by Crippen LogP contribution is 2.27. The van der Waals surface area contributed by atoms with E-state index in [4.69, 9.17) is 0 Å². The van der Waals surface area contributed by atoms with Gasteiger partial charge in [0.15, 0.2) is 0 Å². The molecule has 0 atom stereocenters. The molecule has 0 radical (unpaired) electrons. The standard InChI is InChI=1S/C17H17N3O3S2/c1-25(22,23)17-18-14-6-7-20(10-13(14)16(21)19-17)9-12-8-11-4-2-3-5-15(11)24-12/h2-5,8H,6-7,9-10H2,1H3,(H,18,19,21). The molecule has 0 unspecified atom stereocenters. The van der Waals surface area contributed by atoms with Crippen molar-refractivity contribution >= 4 is 31.3 Å². The zero-order chi connectivity index (χ0) is 17.6. The van der Waals surface area contributed by atoms with Crippen LogP contribution in [0.1, 0.15) is 16.1 Å². The highest BCUT2D eigenvalue weighted by atomic mass is 32.2. The molecule has 0 amide bonds. The molecule has 0 saturated carbocycles. The van der Waals surface area contributed by atoms with Crippen LogP contribution in [0.25, 0.3) is 10.1 Å². The molecule has 130 valence electrons. The van der Waals surface area contributed by atoms with Gasteiger partial charge >= 0.3 is 0 Å². The first kappa shape index (κ1) is 16.4. The fraction of sp³-hybridized carbons (Fsp3) is 0.294. The lowest BCUT2D eigenvalue weighted by molar-refractivity contribution is 0.243. The monoisotopic (exact) mass is 375 g/mol. The van der Waals surface area contributed by atoms with Crippen molar-refractivity contribution < 1.29 is 8.42 Å². The van der Waals surface area contributed by atoms with Gasteiger partial charge in [0.25, 0.3) is 5.56 Å². The second-order valence-corrected chi connectivity index (χ2v) is 9.38. The van der Waals surface area contributed by atoms with Gasteiger partial charge in [0.2, 0.25) is 15.0 Å². The average Bonchev–Trinajstić information content (AvgIpc) is 2.96. The van der Waals surface area contributed by atoms with E-state index in [0.717, 1.165) is 19.3 Å². The van der Waals surface area contributed by atoms with E-state index < -0.39 is 9.84 Å². The van der Waals surface area contributed by atoms with Gasteiger partial charge in [0.1, 0.15) is 0 Å². The Balaban J connectivity index is 1.59. The summed E-state index contributed by atoms with van der Waals surface area (Å²) in [5, 5.41) is 0.992. The molecule has 3 heterocycles. The number of nitrogens with one attached hydrogen (secondary N) is 1. The zero-order valence-corrected chi connectivity index (χ0v) is 15.3. The number of thiophene rings is 1. The summed E-state index contributed by atoms with van der Waals surface area (Å²) in [6.45, 7) is 2.00. The van der Waals surface area contributed by atoms with Crippen LogP contribution in [-0.4, -0.2) is 36.1 Å². The number of rotatable bonds is 3. The maximum Gasteiger partial charge on any atom is 0.256 e. The lowest BCUT2D eigenvalue weighted by atomic mass is 10.1. The van der Waals surface area contributed by atoms with Gasteiger partial charge in [0, 0.05) is 41.9 Å². The number of hydrogen-bond acceptors (Lipinski definition) is 6. The molecule has 0 saturated heterocycles. The Kier molecular flexibility index (Phi) is 3.98. The highest BCUT2D eigenvalue weighted by molar-refractivity contribution is 7.90. The van der Waals surface area contributed by atoms with Gasteiger partial charge in [-0.1, -0.05) is 18.2 Å². The number of aromatic nitrogens is 2. The molecule has 1 aliphatic heterocycles. The van der Waals surface area contributed by atoms with Crippen molar-refractivity contribution in [1.82, 2.24) is 14.9 Å². The van der Waals surface area contributed by atoms with E-state index in [2.05, 4.69) is 33.1 Å². The summed E-state index contributed by atoms with van der Waals surface area (Å²) in [7, 11) is -3.51. The molecule has 25 heavy (non-hydrogen) atoms. The van der Waals surface area contributed by atoms with Gasteiger partial charge in [0.05, 0.1) is 11.3 Å². The third-order valence-electron chi connectivity index (χ3n) is 4.33. The Morgan fingerprint density at radius 2 is 2.12 bits per heavy atom. The van der Waals surface area contributed by atoms with E-state index in [-0.39, 0.29) is 10.7 Å². The number of fused-ring (bicyclic) bond motifs is 2. The van der Waals surface area contributed by atoms with Crippen LogP contribution in [0, 0.1) is 0 Å². The molecule has 4 rings (SSSR count). The van der Waals surface area contributed by atoms with Crippen LogP contribution in [0.15, 0.2) is 40.3 Å². The Morgan fingerprint density at radius 1 is 1.32 bits per heavy atom. The molecule has 0 aliphatic carbocycles. The van der Waals surface area contributed by atoms with Crippen molar-refractivity contribution in [2.24, 2.45) is 0 Å². The van der Waals surface area contributed by atoms with Crippen molar-refractivity contribution in [1.29, 1.82) is 0 Å². The summed E-state index contributed by atoms with van der Waals surface area (Å²) in [6.07, 6.45) is 1.63. The minimum atomic E-state index is -3.51. The lowest BCUT2D eigenvalue weighted by Gasteiger charge is -2.27. The van der Waals surface area contributed by atoms with Gasteiger partial charge in [-0.3, -0.25) is 14.7 Å². The fourth-order valence-electron chi connectivity index (χ4n) is 3.10. The minimum absolute atomic E-state index is 0.241. The second-order valence-electron chi connectivity index (χ2n) is 6.28. The molecule has 1 aromatic carbocycles. The first-order valence-electron chi connectivity index (χ1n) is 7.92. The van der Waals surface area contributed by atoms with Crippen LogP contribution in [0.4, 0.5) is 0 Å². The molecule has 6 nitrogen and oxygen atoms in total. The first-order valence-corrected chi connectivity index (χ1v) is 10.6. The van der Waals surface area contributed by atoms with Crippen LogP contribution in [-0.2, 0) is 29.3 Å². The van der Waals surface area contributed by atoms with Gasteiger partial charge in [-0.2, -0.15) is 0 Å². The zero-order valence-electron chi connectivity index (χ0n) is 13.7. The first-order chi connectivity index (χ1) is 11.9. The maximum atomic E-state index is 12.3. The highest BCUT2D eigenvalue weighted by Gasteiger charge is 2.23. The Morgan fingerprint density at radius 3 is 2.88 bits per heavy atom. The quantitative estimate of drug-likeness (QED) is 0.708. The van der Waals surface area contributed by atoms with Gasteiger partial charge < -0.3 is 0 Å². The number of H-pyrrole nitrogens is 1. The number of nitrogens with zero attached hydrogens (tertiary/aromatic N) is 2. The van der Waals surface area contributed by atoms with Crippen LogP contribution in [0.3, 0.4) is 0 Å². The topological polar surface area (TPSA) is 83.1 Å². The summed E-state index contributed by atoms with van der Waals surface area (Å²) in [5.41, 5.74) is 0.808. The van der Waals surface area contributed by atoms with E-state index in [0.29, 0.717) is 24.2 Å². The summed E-state index contributed by atoms with van der Waals surface area (Å²) in [4.78, 5) is 22.3. The van der Waals surface area contributed by atoms with Crippen molar-refractivity contribution in [2.45, 2.75) is 24.7 Å². The molecule has 2 aromatic heterocycles. The predicted octanol–water partition coefficient (Wildman–Crippen LogP) is 1.95. The third-order valence-corrected chi connectivity index (χ3v) is 6.33. The number of benzene rings is 1. The lowest BCUT2D eigenvalue weighted by Crippen LogP contribution is -2.35. The van der Waals surface area contributed by atoms with Crippen molar-refractivity contribution in [3.8, 4) is 0 Å². The van der Waals surface area contributed by atoms with E-state index in [1.807, 2.05) is 12.1 Å². The SMILES string of the molecule is CS(=O)(=O)c1nc2c(c(=O)[nH]1)CN(Cc1cc3ccccc3s1)CC2. The van der Waals surface area contributed by atoms with Crippen molar-refractivity contribution in [3.05, 3.63) is 56.8 Å². The van der Waals surface area contributed by atoms with Crippen LogP contribution in [0.2, 0.25) is 0 Å². The molecule has 0 bridgehead atoms. The van der Waals surface area contributed by atoms with Crippen LogP contribution in [0.5, 0.6) is 0 Å². The largest absolute Gasteiger partial charge is 0.297 e. The van der Waals surface area contributed by atoms with Crippen LogP contribution < -0.4 is 5.56 Å². The second kappa shape index (κ2) is 6.05. The van der Waals surface area contributed by atoms with E-state index in [1.54, 1.807) is 11.3 Å². The number of sulfone groups is 1. The Hall–Kier alpha value is -2.03. The van der Waals surface area contributed by atoms with E-state index >= 15 is 0 Å². The predicted molar refractivity (Wildman–Crippen MR) is 97.6 cm³/mol. The molecule has 3 aromatic rings. The average molecular weight is 375 g/mol. The summed E-state index contributed by atoms with van der Waals surface area (Å²) in [5.74, 6) is 0. The fourth-order valence-corrected chi connectivity index (χ4v) is 4.76. The molecule has 8 heteroatoms. The molecule has 1 aliphatic rings.